The van der Waals surface area contributed by atoms with E-state index in [1.165, 1.54) is 24.6 Å². The summed E-state index contributed by atoms with van der Waals surface area (Å²) in [7, 11) is 1.29. The Hall–Kier alpha value is -3.22. The third kappa shape index (κ3) is 6.12. The fraction of sp³-hybridized carbons (Fsp3) is 0.348. The zero-order valence-electron chi connectivity index (χ0n) is 19.6. The van der Waals surface area contributed by atoms with Crippen LogP contribution in [-0.4, -0.2) is 67.3 Å². The van der Waals surface area contributed by atoms with Crippen molar-refractivity contribution in [2.75, 3.05) is 55.4 Å². The van der Waals surface area contributed by atoms with Crippen molar-refractivity contribution in [3.63, 3.8) is 0 Å². The Labute approximate surface area is 216 Å². The van der Waals surface area contributed by atoms with Gasteiger partial charge in [-0.25, -0.2) is 9.78 Å². The number of methoxy groups -OCH3 is 1. The van der Waals surface area contributed by atoms with Crippen molar-refractivity contribution < 1.29 is 23.0 Å². The van der Waals surface area contributed by atoms with Crippen LogP contribution in [0.3, 0.4) is 0 Å². The van der Waals surface area contributed by atoms with Gasteiger partial charge in [0.05, 0.1) is 30.2 Å². The molecule has 1 aromatic carbocycles. The number of ether oxygens (including phenoxy) is 2. The van der Waals surface area contributed by atoms with Gasteiger partial charge in [-0.15, -0.1) is 11.3 Å². The lowest BCUT2D eigenvalue weighted by Gasteiger charge is -2.35. The van der Waals surface area contributed by atoms with Gasteiger partial charge in [0.15, 0.2) is 11.6 Å². The smallest absolute Gasteiger partial charge is 0.387 e. The van der Waals surface area contributed by atoms with Gasteiger partial charge in [0.1, 0.15) is 5.02 Å². The average Bonchev–Trinajstić information content (AvgIpc) is 3.34. The number of aromatic nitrogens is 2. The molecule has 3 aromatic rings. The van der Waals surface area contributed by atoms with Crippen molar-refractivity contribution in [2.24, 2.45) is 0 Å². The highest BCUT2D eigenvalue weighted by Gasteiger charge is 2.20. The van der Waals surface area contributed by atoms with E-state index in [-0.39, 0.29) is 28.2 Å². The first-order valence-electron chi connectivity index (χ1n) is 11.1. The molecule has 4 rings (SSSR count). The Balaban J connectivity index is 1.56. The first-order valence-corrected chi connectivity index (χ1v) is 12.5. The molecule has 0 amide bonds. The van der Waals surface area contributed by atoms with Crippen LogP contribution in [0.25, 0.3) is 0 Å². The van der Waals surface area contributed by atoms with Gasteiger partial charge >= 0.3 is 12.6 Å². The Morgan fingerprint density at radius 1 is 1.19 bits per heavy atom. The van der Waals surface area contributed by atoms with Crippen molar-refractivity contribution in [1.29, 1.82) is 0 Å². The number of nitrogens with zero attached hydrogens (tertiary/aromatic N) is 4. The fourth-order valence-corrected chi connectivity index (χ4v) is 4.64. The largest absolute Gasteiger partial charge is 0.465 e. The Bertz CT molecular complexity index is 1210. The molecular weight excluding hydrogens is 514 g/mol. The minimum absolute atomic E-state index is 0.0284. The predicted molar refractivity (Wildman–Crippen MR) is 137 cm³/mol. The number of carbonyl (C=O) groups is 1. The van der Waals surface area contributed by atoms with E-state index in [0.29, 0.717) is 11.3 Å². The van der Waals surface area contributed by atoms with Crippen molar-refractivity contribution in [3.05, 3.63) is 45.7 Å². The number of rotatable bonds is 9. The van der Waals surface area contributed by atoms with Crippen LogP contribution >= 0.6 is 22.9 Å². The summed E-state index contributed by atoms with van der Waals surface area (Å²) in [6, 6.07) is 5.07. The highest BCUT2D eigenvalue weighted by molar-refractivity contribution is 7.08. The number of esters is 1. The topological polar surface area (TPSA) is 91.9 Å². The zero-order valence-corrected chi connectivity index (χ0v) is 21.2. The highest BCUT2D eigenvalue weighted by Crippen LogP contribution is 2.34. The van der Waals surface area contributed by atoms with E-state index in [0.717, 1.165) is 38.4 Å². The van der Waals surface area contributed by atoms with E-state index in [4.69, 9.17) is 21.1 Å². The molecule has 0 spiro atoms. The molecule has 13 heteroatoms. The molecule has 1 aliphatic heterocycles. The quantitative estimate of drug-likeness (QED) is 0.356. The molecule has 1 fully saturated rings. The van der Waals surface area contributed by atoms with Gasteiger partial charge in [0, 0.05) is 48.7 Å². The average molecular weight is 539 g/mol. The van der Waals surface area contributed by atoms with Gasteiger partial charge in [-0.05, 0) is 18.7 Å². The minimum Gasteiger partial charge on any atom is -0.465 e. The SMILES string of the molecule is CCN1CCN(c2ccc(Nc3ncc(Cl)c(Nc4cscc4C(=O)OC)n3)c(OC(F)F)c2)CC1. The van der Waals surface area contributed by atoms with E-state index < -0.39 is 12.6 Å². The van der Waals surface area contributed by atoms with Crippen LogP contribution in [0.2, 0.25) is 5.02 Å². The summed E-state index contributed by atoms with van der Waals surface area (Å²) < 4.78 is 36.0. The van der Waals surface area contributed by atoms with E-state index in [9.17, 15) is 13.6 Å². The maximum Gasteiger partial charge on any atom is 0.387 e. The molecule has 36 heavy (non-hydrogen) atoms. The second kappa shape index (κ2) is 11.7. The molecule has 3 heterocycles. The normalized spacial score (nSPS) is 14.1. The van der Waals surface area contributed by atoms with Crippen molar-refractivity contribution in [2.45, 2.75) is 13.5 Å². The number of halogens is 3. The Morgan fingerprint density at radius 2 is 1.97 bits per heavy atom. The van der Waals surface area contributed by atoms with Crippen LogP contribution in [0.5, 0.6) is 5.75 Å². The summed E-state index contributed by atoms with van der Waals surface area (Å²) in [4.78, 5) is 24.9. The fourth-order valence-electron chi connectivity index (χ4n) is 3.75. The van der Waals surface area contributed by atoms with Crippen LogP contribution in [0.15, 0.2) is 35.2 Å². The molecule has 192 valence electrons. The Morgan fingerprint density at radius 3 is 2.67 bits per heavy atom. The van der Waals surface area contributed by atoms with Crippen LogP contribution < -0.4 is 20.3 Å². The van der Waals surface area contributed by atoms with E-state index in [1.54, 1.807) is 22.9 Å². The summed E-state index contributed by atoms with van der Waals surface area (Å²) in [5.74, 6) is -0.216. The highest BCUT2D eigenvalue weighted by atomic mass is 35.5. The first kappa shape index (κ1) is 25.9. The van der Waals surface area contributed by atoms with Gasteiger partial charge < -0.3 is 29.9 Å². The number of hydrogen-bond donors (Lipinski definition) is 2. The molecule has 0 radical (unpaired) electrons. The van der Waals surface area contributed by atoms with Crippen LogP contribution in [0.1, 0.15) is 17.3 Å². The third-order valence-electron chi connectivity index (χ3n) is 5.68. The van der Waals surface area contributed by atoms with Gasteiger partial charge in [-0.2, -0.15) is 13.8 Å². The van der Waals surface area contributed by atoms with Gasteiger partial charge in [-0.1, -0.05) is 18.5 Å². The lowest BCUT2D eigenvalue weighted by Crippen LogP contribution is -2.46. The third-order valence-corrected chi connectivity index (χ3v) is 6.70. The summed E-state index contributed by atoms with van der Waals surface area (Å²) in [6.45, 7) is 3.47. The lowest BCUT2D eigenvalue weighted by atomic mass is 10.2. The first-order chi connectivity index (χ1) is 17.4. The molecule has 0 atom stereocenters. The number of carbonyl (C=O) groups excluding carboxylic acids is 1. The van der Waals surface area contributed by atoms with E-state index in [1.807, 2.05) is 6.07 Å². The standard InChI is InChI=1S/C23H25ClF2N6O3S/c1-3-31-6-8-32(9-7-31)14-4-5-17(19(10-14)35-22(25)26)29-23-27-11-16(24)20(30-23)28-18-13-36-12-15(18)21(33)34-2/h4-5,10-13,22H,3,6-9H2,1-2H3,(H2,27,28,29,30). The van der Waals surface area contributed by atoms with Gasteiger partial charge in [0.2, 0.25) is 5.95 Å². The van der Waals surface area contributed by atoms with E-state index >= 15 is 0 Å². The minimum atomic E-state index is -3.00. The molecule has 1 aliphatic rings. The predicted octanol–water partition coefficient (Wildman–Crippen LogP) is 5.21. The van der Waals surface area contributed by atoms with Gasteiger partial charge in [-0.3, -0.25) is 0 Å². The second-order valence-electron chi connectivity index (χ2n) is 7.81. The molecule has 2 N–H and O–H groups in total. The van der Waals surface area contributed by atoms with Gasteiger partial charge in [0.25, 0.3) is 0 Å². The summed E-state index contributed by atoms with van der Waals surface area (Å²) in [5, 5.41) is 9.47. The molecule has 1 saturated heterocycles. The van der Waals surface area contributed by atoms with E-state index in [2.05, 4.69) is 37.3 Å². The molecule has 0 bridgehead atoms. The van der Waals surface area contributed by atoms with Crippen molar-refractivity contribution in [1.82, 2.24) is 14.9 Å². The van der Waals surface area contributed by atoms with Crippen molar-refractivity contribution in [3.8, 4) is 5.75 Å². The lowest BCUT2D eigenvalue weighted by molar-refractivity contribution is -0.0493. The number of piperazine rings is 1. The molecule has 9 nitrogen and oxygen atoms in total. The molecule has 0 aliphatic carbocycles. The molecular formula is C23H25ClF2N6O3S. The number of likely N-dealkylation sites (N-methyl/N-ethyl adjacent to an activating group) is 1. The number of alkyl halides is 2. The van der Waals surface area contributed by atoms with Crippen molar-refractivity contribution >= 4 is 57.7 Å². The molecule has 0 unspecified atom stereocenters. The number of benzene rings is 1. The van der Waals surface area contributed by atoms with Crippen LogP contribution in [-0.2, 0) is 4.74 Å². The molecule has 0 saturated carbocycles. The Kier molecular flexibility index (Phi) is 8.39. The number of anilines is 5. The maximum atomic E-state index is 13.2. The molecule has 2 aromatic heterocycles. The number of nitrogens with one attached hydrogen (secondary N) is 2. The van der Waals surface area contributed by atoms with Crippen LogP contribution in [0.4, 0.5) is 37.6 Å². The summed E-state index contributed by atoms with van der Waals surface area (Å²) >= 11 is 7.55. The zero-order chi connectivity index (χ0) is 25.7. The summed E-state index contributed by atoms with van der Waals surface area (Å²) in [6.07, 6.45) is 1.36. The monoisotopic (exact) mass is 538 g/mol. The number of hydrogen-bond acceptors (Lipinski definition) is 10. The summed E-state index contributed by atoms with van der Waals surface area (Å²) in [5.41, 5.74) is 1.85. The number of thiophene rings is 1. The second-order valence-corrected chi connectivity index (χ2v) is 8.96. The maximum absolute atomic E-state index is 13.2. The van der Waals surface area contributed by atoms with Crippen LogP contribution in [0, 0.1) is 0 Å².